The molecule has 3 rings (SSSR count). The molecule has 0 spiro atoms. The topological polar surface area (TPSA) is 24.9 Å². The minimum atomic E-state index is 0.671. The van der Waals surface area contributed by atoms with E-state index in [0.29, 0.717) is 11.2 Å². The van der Waals surface area contributed by atoms with Crippen LogP contribution in [0.5, 0.6) is 0 Å². The molecule has 100 valence electrons. The van der Waals surface area contributed by atoms with Crippen LogP contribution in [0, 0.1) is 0 Å². The Morgan fingerprint density at radius 2 is 2.28 bits per heavy atom. The van der Waals surface area contributed by atoms with Crippen molar-refractivity contribution in [3.05, 3.63) is 15.6 Å². The van der Waals surface area contributed by atoms with Gasteiger partial charge >= 0.3 is 0 Å². The maximum Gasteiger partial charge on any atom is 0.106 e. The summed E-state index contributed by atoms with van der Waals surface area (Å²) in [5, 5.41) is 5.63. The SMILES string of the molecule is CCNCC1CCCc2sc(C3CCCS3)nc21. The molecule has 1 saturated heterocycles. The molecular formula is C14H22N2S2. The molecule has 2 unspecified atom stereocenters. The molecule has 2 atom stereocenters. The van der Waals surface area contributed by atoms with Crippen molar-refractivity contribution in [3.8, 4) is 0 Å². The van der Waals surface area contributed by atoms with Gasteiger partial charge in [-0.25, -0.2) is 4.98 Å². The lowest BCUT2D eigenvalue weighted by Gasteiger charge is -2.21. The van der Waals surface area contributed by atoms with Crippen molar-refractivity contribution >= 4 is 23.1 Å². The Labute approximate surface area is 118 Å². The first-order valence-electron chi connectivity index (χ1n) is 7.20. The standard InChI is InChI=1S/C14H22N2S2/c1-2-15-9-10-5-3-6-11-13(10)16-14(18-11)12-7-4-8-17-12/h10,12,15H,2-9H2,1H3. The van der Waals surface area contributed by atoms with Gasteiger partial charge in [0.1, 0.15) is 5.01 Å². The molecule has 2 heterocycles. The quantitative estimate of drug-likeness (QED) is 0.910. The number of nitrogens with zero attached hydrogens (tertiary/aromatic N) is 1. The van der Waals surface area contributed by atoms with E-state index in [9.17, 15) is 0 Å². The lowest BCUT2D eigenvalue weighted by molar-refractivity contribution is 0.508. The molecule has 1 aromatic rings. The van der Waals surface area contributed by atoms with Crippen molar-refractivity contribution in [2.24, 2.45) is 0 Å². The van der Waals surface area contributed by atoms with Gasteiger partial charge in [-0.1, -0.05) is 6.92 Å². The Balaban J connectivity index is 1.78. The van der Waals surface area contributed by atoms with Crippen molar-refractivity contribution in [1.29, 1.82) is 0 Å². The Morgan fingerprint density at radius 1 is 1.33 bits per heavy atom. The summed E-state index contributed by atoms with van der Waals surface area (Å²) in [5.74, 6) is 2.00. The Bertz CT molecular complexity index is 396. The highest BCUT2D eigenvalue weighted by Crippen LogP contribution is 2.44. The molecule has 1 aliphatic heterocycles. The molecule has 1 aromatic heterocycles. The molecule has 0 amide bonds. The number of thioether (sulfide) groups is 1. The Morgan fingerprint density at radius 3 is 3.06 bits per heavy atom. The molecule has 0 radical (unpaired) electrons. The van der Waals surface area contributed by atoms with Gasteiger partial charge in [0.15, 0.2) is 0 Å². The van der Waals surface area contributed by atoms with Crippen LogP contribution >= 0.6 is 23.1 Å². The third-order valence-corrected chi connectivity index (χ3v) is 6.71. The zero-order valence-electron chi connectivity index (χ0n) is 11.1. The molecule has 18 heavy (non-hydrogen) atoms. The third kappa shape index (κ3) is 2.61. The van der Waals surface area contributed by atoms with Gasteiger partial charge in [0.2, 0.25) is 0 Å². The smallest absolute Gasteiger partial charge is 0.106 e. The zero-order chi connectivity index (χ0) is 12.4. The van der Waals surface area contributed by atoms with Crippen molar-refractivity contribution in [1.82, 2.24) is 10.3 Å². The molecule has 2 nitrogen and oxygen atoms in total. The number of hydrogen-bond acceptors (Lipinski definition) is 4. The van der Waals surface area contributed by atoms with E-state index < -0.39 is 0 Å². The number of thiazole rings is 1. The second kappa shape index (κ2) is 5.93. The second-order valence-corrected chi connectivity index (χ2v) is 7.68. The van der Waals surface area contributed by atoms with Gasteiger partial charge in [0.05, 0.1) is 10.9 Å². The molecule has 2 aliphatic rings. The van der Waals surface area contributed by atoms with E-state index in [2.05, 4.69) is 24.0 Å². The number of hydrogen-bond donors (Lipinski definition) is 1. The third-order valence-electron chi connectivity index (χ3n) is 3.93. The molecule has 0 aromatic carbocycles. The van der Waals surface area contributed by atoms with Gasteiger partial charge in [-0.2, -0.15) is 11.8 Å². The van der Waals surface area contributed by atoms with Gasteiger partial charge in [-0.15, -0.1) is 11.3 Å². The van der Waals surface area contributed by atoms with Gasteiger partial charge in [-0.3, -0.25) is 0 Å². The van der Waals surface area contributed by atoms with Crippen molar-refractivity contribution < 1.29 is 0 Å². The summed E-state index contributed by atoms with van der Waals surface area (Å²) in [5.41, 5.74) is 1.44. The van der Waals surface area contributed by atoms with Crippen LogP contribution in [0.2, 0.25) is 0 Å². The van der Waals surface area contributed by atoms with Gasteiger partial charge < -0.3 is 5.32 Å². The maximum absolute atomic E-state index is 5.02. The number of fused-ring (bicyclic) bond motifs is 1. The number of nitrogens with one attached hydrogen (secondary N) is 1. The number of aromatic nitrogens is 1. The van der Waals surface area contributed by atoms with Crippen LogP contribution in [0.4, 0.5) is 0 Å². The first-order valence-corrected chi connectivity index (χ1v) is 9.06. The van der Waals surface area contributed by atoms with Crippen LogP contribution < -0.4 is 5.32 Å². The molecule has 1 N–H and O–H groups in total. The summed E-state index contributed by atoms with van der Waals surface area (Å²) in [6.07, 6.45) is 6.66. The van der Waals surface area contributed by atoms with Gasteiger partial charge in [-0.05, 0) is 44.4 Å². The maximum atomic E-state index is 5.02. The normalized spacial score (nSPS) is 27.4. The van der Waals surface area contributed by atoms with E-state index >= 15 is 0 Å². The van der Waals surface area contributed by atoms with Gasteiger partial charge in [0, 0.05) is 17.3 Å². The zero-order valence-corrected chi connectivity index (χ0v) is 12.7. The molecule has 1 fully saturated rings. The highest BCUT2D eigenvalue weighted by atomic mass is 32.2. The van der Waals surface area contributed by atoms with Crippen LogP contribution in [-0.4, -0.2) is 23.8 Å². The average molecular weight is 282 g/mol. The van der Waals surface area contributed by atoms with E-state index in [4.69, 9.17) is 4.98 Å². The predicted octanol–water partition coefficient (Wildman–Crippen LogP) is 3.74. The lowest BCUT2D eigenvalue weighted by atomic mass is 9.91. The van der Waals surface area contributed by atoms with Crippen LogP contribution in [0.3, 0.4) is 0 Å². The fourth-order valence-corrected chi connectivity index (χ4v) is 5.66. The number of aryl methyl sites for hydroxylation is 1. The summed E-state index contributed by atoms with van der Waals surface area (Å²) in [7, 11) is 0. The summed E-state index contributed by atoms with van der Waals surface area (Å²) in [6, 6.07) is 0. The first kappa shape index (κ1) is 12.9. The molecule has 1 aliphatic carbocycles. The molecule has 4 heteroatoms. The van der Waals surface area contributed by atoms with Crippen LogP contribution in [-0.2, 0) is 6.42 Å². The van der Waals surface area contributed by atoms with Crippen LogP contribution in [0.15, 0.2) is 0 Å². The monoisotopic (exact) mass is 282 g/mol. The summed E-state index contributed by atoms with van der Waals surface area (Å²) in [6.45, 7) is 4.37. The van der Waals surface area contributed by atoms with Crippen molar-refractivity contribution in [3.63, 3.8) is 0 Å². The minimum Gasteiger partial charge on any atom is -0.316 e. The second-order valence-electron chi connectivity index (χ2n) is 5.26. The molecule has 0 bridgehead atoms. The summed E-state index contributed by atoms with van der Waals surface area (Å²) >= 11 is 4.12. The van der Waals surface area contributed by atoms with E-state index in [1.165, 1.54) is 48.6 Å². The first-order chi connectivity index (χ1) is 8.88. The van der Waals surface area contributed by atoms with Crippen molar-refractivity contribution in [2.75, 3.05) is 18.8 Å². The fraction of sp³-hybridized carbons (Fsp3) is 0.786. The fourth-order valence-electron chi connectivity index (χ4n) is 2.95. The predicted molar refractivity (Wildman–Crippen MR) is 80.8 cm³/mol. The van der Waals surface area contributed by atoms with Crippen LogP contribution in [0.1, 0.15) is 59.4 Å². The Kier molecular flexibility index (Phi) is 4.27. The minimum absolute atomic E-state index is 0.671. The summed E-state index contributed by atoms with van der Waals surface area (Å²) < 4.78 is 0. The number of rotatable bonds is 4. The lowest BCUT2D eigenvalue weighted by Crippen LogP contribution is -2.24. The Hall–Kier alpha value is -0.0600. The molecular weight excluding hydrogens is 260 g/mol. The summed E-state index contributed by atoms with van der Waals surface area (Å²) in [4.78, 5) is 6.61. The van der Waals surface area contributed by atoms with E-state index in [1.807, 2.05) is 11.3 Å². The van der Waals surface area contributed by atoms with E-state index in [1.54, 1.807) is 4.88 Å². The van der Waals surface area contributed by atoms with E-state index in [-0.39, 0.29) is 0 Å². The highest BCUT2D eigenvalue weighted by molar-refractivity contribution is 7.99. The largest absolute Gasteiger partial charge is 0.316 e. The number of likely N-dealkylation sites (N-methyl/N-ethyl adjacent to an activating group) is 1. The van der Waals surface area contributed by atoms with Crippen molar-refractivity contribution in [2.45, 2.75) is 50.2 Å². The highest BCUT2D eigenvalue weighted by Gasteiger charge is 2.28. The average Bonchev–Trinajstić information content (AvgIpc) is 3.03. The molecule has 0 saturated carbocycles. The van der Waals surface area contributed by atoms with E-state index in [0.717, 1.165) is 13.1 Å². The van der Waals surface area contributed by atoms with Crippen LogP contribution in [0.25, 0.3) is 0 Å². The van der Waals surface area contributed by atoms with Gasteiger partial charge in [0.25, 0.3) is 0 Å².